The second kappa shape index (κ2) is 14.4. The number of nitrogens with zero attached hydrogens (tertiary/aromatic N) is 3. The molecule has 1 aliphatic heterocycles. The Labute approximate surface area is 249 Å². The van der Waals surface area contributed by atoms with E-state index in [0.717, 1.165) is 11.1 Å². The van der Waals surface area contributed by atoms with Crippen LogP contribution >= 0.6 is 0 Å². The van der Waals surface area contributed by atoms with Gasteiger partial charge < -0.3 is 31.1 Å². The highest BCUT2D eigenvalue weighted by molar-refractivity contribution is 6.00. The third kappa shape index (κ3) is 8.38. The first-order valence-corrected chi connectivity index (χ1v) is 14.2. The number of nitrogens with one attached hydrogen (secondary N) is 4. The van der Waals surface area contributed by atoms with Gasteiger partial charge in [-0.05, 0) is 38.0 Å². The van der Waals surface area contributed by atoms with Gasteiger partial charge in [0.1, 0.15) is 36.2 Å². The van der Waals surface area contributed by atoms with E-state index in [0.29, 0.717) is 18.0 Å². The first-order valence-electron chi connectivity index (χ1n) is 14.2. The minimum Gasteiger partial charge on any atom is -0.491 e. The minimum absolute atomic E-state index is 0.0535. The number of amides is 4. The highest BCUT2D eigenvalue weighted by atomic mass is 16.5. The molecular formula is C30H37N7O6. The molecule has 228 valence electrons. The molecule has 2 heterocycles. The van der Waals surface area contributed by atoms with Crippen molar-refractivity contribution in [2.45, 2.75) is 70.9 Å². The van der Waals surface area contributed by atoms with E-state index in [2.05, 4.69) is 31.6 Å². The summed E-state index contributed by atoms with van der Waals surface area (Å²) in [5.74, 6) is -2.10. The predicted molar refractivity (Wildman–Crippen MR) is 156 cm³/mol. The summed E-state index contributed by atoms with van der Waals surface area (Å²) in [6, 6.07) is 10.8. The zero-order valence-corrected chi connectivity index (χ0v) is 24.4. The van der Waals surface area contributed by atoms with Crippen LogP contribution < -0.4 is 26.0 Å². The van der Waals surface area contributed by atoms with Gasteiger partial charge in [-0.3, -0.25) is 19.2 Å². The Hall–Kier alpha value is -4.78. The van der Waals surface area contributed by atoms with Crippen molar-refractivity contribution in [2.75, 3.05) is 6.61 Å². The molecule has 13 nitrogen and oxygen atoms in total. The van der Waals surface area contributed by atoms with E-state index >= 15 is 0 Å². The lowest BCUT2D eigenvalue weighted by Gasteiger charge is -2.26. The number of rotatable bonds is 4. The van der Waals surface area contributed by atoms with Gasteiger partial charge in [0.25, 0.3) is 5.91 Å². The molecule has 0 unspecified atom stereocenters. The maximum Gasteiger partial charge on any atom is 0.255 e. The van der Waals surface area contributed by atoms with Crippen LogP contribution in [0, 0.1) is 6.92 Å². The highest BCUT2D eigenvalue weighted by Gasteiger charge is 2.32. The number of carbonyl (C=O) groups excluding carboxylic acids is 4. The van der Waals surface area contributed by atoms with Crippen molar-refractivity contribution in [3.63, 3.8) is 0 Å². The molecule has 3 aromatic rings. The van der Waals surface area contributed by atoms with Gasteiger partial charge in [-0.2, -0.15) is 0 Å². The van der Waals surface area contributed by atoms with Crippen LogP contribution in [-0.4, -0.2) is 74.6 Å². The Morgan fingerprint density at radius 3 is 2.49 bits per heavy atom. The fraction of sp³-hybridized carbons (Fsp3) is 0.400. The lowest BCUT2D eigenvalue weighted by molar-refractivity contribution is -0.134. The Balaban J connectivity index is 1.64. The van der Waals surface area contributed by atoms with Gasteiger partial charge in [-0.1, -0.05) is 54.1 Å². The van der Waals surface area contributed by atoms with E-state index in [1.807, 2.05) is 43.3 Å². The summed E-state index contributed by atoms with van der Waals surface area (Å²) in [7, 11) is 0. The normalized spacial score (nSPS) is 21.3. The third-order valence-corrected chi connectivity index (χ3v) is 7.00. The molecule has 2 aromatic carbocycles. The van der Waals surface area contributed by atoms with Crippen LogP contribution in [0.3, 0.4) is 0 Å². The van der Waals surface area contributed by atoms with Crippen molar-refractivity contribution < 1.29 is 29.0 Å². The van der Waals surface area contributed by atoms with Gasteiger partial charge in [0.2, 0.25) is 17.7 Å². The summed E-state index contributed by atoms with van der Waals surface area (Å²) < 4.78 is 7.46. The van der Waals surface area contributed by atoms with Crippen molar-refractivity contribution in [3.8, 4) is 5.75 Å². The maximum absolute atomic E-state index is 13.4. The van der Waals surface area contributed by atoms with Gasteiger partial charge in [0.15, 0.2) is 0 Å². The van der Waals surface area contributed by atoms with Crippen LogP contribution in [0.15, 0.2) is 54.7 Å². The Kier molecular flexibility index (Phi) is 10.4. The van der Waals surface area contributed by atoms with Crippen LogP contribution in [-0.2, 0) is 33.9 Å². The fourth-order valence-electron chi connectivity index (χ4n) is 4.59. The number of hydrogen-bond acceptors (Lipinski definition) is 8. The number of hydrogen-bond donors (Lipinski definition) is 5. The molecule has 2 bridgehead atoms. The number of aromatic nitrogens is 3. The first kappa shape index (κ1) is 31.2. The van der Waals surface area contributed by atoms with E-state index < -0.39 is 47.9 Å². The molecule has 4 atom stereocenters. The van der Waals surface area contributed by atoms with Crippen molar-refractivity contribution in [2.24, 2.45) is 0 Å². The Morgan fingerprint density at radius 1 is 1.00 bits per heavy atom. The number of carbonyl (C=O) groups is 4. The molecule has 0 aliphatic carbocycles. The number of benzene rings is 2. The monoisotopic (exact) mass is 591 g/mol. The van der Waals surface area contributed by atoms with Crippen molar-refractivity contribution >= 4 is 23.6 Å². The Morgan fingerprint density at radius 2 is 1.77 bits per heavy atom. The fourth-order valence-corrected chi connectivity index (χ4v) is 4.59. The second-order valence-corrected chi connectivity index (χ2v) is 10.5. The van der Waals surface area contributed by atoms with Crippen LogP contribution in [0.4, 0.5) is 0 Å². The first-order chi connectivity index (χ1) is 20.6. The molecule has 4 amide bonds. The molecule has 0 saturated carbocycles. The molecule has 4 rings (SSSR count). The van der Waals surface area contributed by atoms with Crippen molar-refractivity contribution in [1.29, 1.82) is 0 Å². The average Bonchev–Trinajstić information content (AvgIpc) is 3.45. The molecule has 0 saturated heterocycles. The van der Waals surface area contributed by atoms with Gasteiger partial charge >= 0.3 is 0 Å². The summed E-state index contributed by atoms with van der Waals surface area (Å²) in [5.41, 5.74) is 2.35. The van der Waals surface area contributed by atoms with Gasteiger partial charge in [-0.15, -0.1) is 5.10 Å². The zero-order valence-electron chi connectivity index (χ0n) is 24.4. The highest BCUT2D eigenvalue weighted by Crippen LogP contribution is 2.21. The largest absolute Gasteiger partial charge is 0.491 e. The van der Waals surface area contributed by atoms with Crippen LogP contribution in [0.2, 0.25) is 0 Å². The van der Waals surface area contributed by atoms with E-state index in [-0.39, 0.29) is 31.6 Å². The molecular weight excluding hydrogens is 554 g/mol. The van der Waals surface area contributed by atoms with Gasteiger partial charge in [-0.25, -0.2) is 4.68 Å². The maximum atomic E-state index is 13.4. The number of aliphatic hydroxyl groups excluding tert-OH is 1. The molecule has 0 fully saturated rings. The van der Waals surface area contributed by atoms with E-state index in [1.54, 1.807) is 29.9 Å². The van der Waals surface area contributed by atoms with Crippen molar-refractivity contribution in [1.82, 2.24) is 36.3 Å². The zero-order chi connectivity index (χ0) is 30.9. The number of aliphatic hydroxyl groups is 1. The number of fused-ring (bicyclic) bond motifs is 3. The van der Waals surface area contributed by atoms with Gasteiger partial charge in [0.05, 0.1) is 31.0 Å². The molecule has 0 radical (unpaired) electrons. The summed E-state index contributed by atoms with van der Waals surface area (Å²) >= 11 is 0. The van der Waals surface area contributed by atoms with Gasteiger partial charge in [0, 0.05) is 6.42 Å². The summed E-state index contributed by atoms with van der Waals surface area (Å²) in [4.78, 5) is 53.2. The molecule has 1 aliphatic rings. The molecule has 0 spiro atoms. The average molecular weight is 592 g/mol. The molecule has 13 heteroatoms. The summed E-state index contributed by atoms with van der Waals surface area (Å²) in [6.45, 7) is 5.45. The van der Waals surface area contributed by atoms with Crippen LogP contribution in [0.5, 0.6) is 5.75 Å². The molecule has 1 aromatic heterocycles. The van der Waals surface area contributed by atoms with E-state index in [1.165, 1.54) is 6.92 Å². The van der Waals surface area contributed by atoms with Crippen LogP contribution in [0.1, 0.15) is 47.4 Å². The second-order valence-electron chi connectivity index (χ2n) is 10.5. The molecule has 5 N–H and O–H groups in total. The summed E-state index contributed by atoms with van der Waals surface area (Å²) in [6.07, 6.45) is 0.735. The smallest absolute Gasteiger partial charge is 0.255 e. The standard InChI is InChI=1S/C30H37N7O6/c1-4-23-29(41)34-26(19(3)38)30(42)33-24(15-20-8-6-5-7-9-20)28(40)31-16-21-17-37(36-35-21)12-13-43-25-11-10-18(2)14-22(25)27(39)32-23/h5-11,14,17,19,23-24,26,38H,4,12-13,15-16H2,1-3H3,(H,31,40)(H,32,39)(H,33,42)(H,34,41)/t19-,23+,24+,26+/m1/s1. The predicted octanol–water partition coefficient (Wildman–Crippen LogP) is 0.397. The van der Waals surface area contributed by atoms with Crippen molar-refractivity contribution in [3.05, 3.63) is 77.1 Å². The molecule has 43 heavy (non-hydrogen) atoms. The Bertz CT molecular complexity index is 1440. The minimum atomic E-state index is -1.40. The third-order valence-electron chi connectivity index (χ3n) is 7.00. The van der Waals surface area contributed by atoms with E-state index in [4.69, 9.17) is 4.74 Å². The number of ether oxygens (including phenoxy) is 1. The summed E-state index contributed by atoms with van der Waals surface area (Å²) in [5, 5.41) is 29.3. The lowest BCUT2D eigenvalue weighted by Crippen LogP contribution is -2.60. The number of aryl methyl sites for hydroxylation is 1. The topological polar surface area (TPSA) is 177 Å². The van der Waals surface area contributed by atoms with E-state index in [9.17, 15) is 24.3 Å². The van der Waals surface area contributed by atoms with Crippen LogP contribution in [0.25, 0.3) is 0 Å². The lowest BCUT2D eigenvalue weighted by atomic mass is 10.0. The SMILES string of the molecule is CC[C@@H]1NC(=O)c2cc(C)ccc2OCCn2cc(nn2)CNC(=O)[C@H](Cc2ccccc2)NC(=O)[C@H]([C@@H](C)O)NC1=O. The quantitative estimate of drug-likeness (QED) is 0.290.